The summed E-state index contributed by atoms with van der Waals surface area (Å²) in [7, 11) is 2.77. The molecule has 0 aromatic heterocycles. The van der Waals surface area contributed by atoms with E-state index >= 15 is 0 Å². The second kappa shape index (κ2) is 15.0. The van der Waals surface area contributed by atoms with E-state index in [-0.39, 0.29) is 11.1 Å². The van der Waals surface area contributed by atoms with Crippen molar-refractivity contribution in [2.45, 2.75) is 78.1 Å². The van der Waals surface area contributed by atoms with E-state index in [1.165, 1.54) is 60.1 Å². The molecule has 0 unspecified atom stereocenters. The number of benzene rings is 5. The van der Waals surface area contributed by atoms with Gasteiger partial charge in [0.15, 0.2) is 0 Å². The van der Waals surface area contributed by atoms with Crippen molar-refractivity contribution in [1.29, 1.82) is 0 Å². The van der Waals surface area contributed by atoms with Crippen LogP contribution >= 0.6 is 0 Å². The average Bonchev–Trinajstić information content (AvgIpc) is 3.14. The largest absolute Gasteiger partial charge is 0.465 e. The molecule has 0 aliphatic heterocycles. The minimum Gasteiger partial charge on any atom is -0.465 e. The summed E-state index contributed by atoms with van der Waals surface area (Å²) >= 11 is 0. The molecule has 1 aliphatic rings. The first kappa shape index (κ1) is 33.2. The molecule has 5 aromatic carbocycles. The maximum atomic E-state index is 14.0. The third-order valence-corrected chi connectivity index (χ3v) is 10.1. The fourth-order valence-corrected chi connectivity index (χ4v) is 7.86. The number of aryl methyl sites for hydroxylation is 2. The van der Waals surface area contributed by atoms with E-state index in [0.717, 1.165) is 71.9 Å². The van der Waals surface area contributed by atoms with Gasteiger partial charge in [-0.15, -0.1) is 0 Å². The molecule has 0 amide bonds. The lowest BCUT2D eigenvalue weighted by Gasteiger charge is -2.33. The second-order valence-electron chi connectivity index (χ2n) is 12.9. The minimum absolute atomic E-state index is 0.271. The van der Waals surface area contributed by atoms with Gasteiger partial charge in [-0.3, -0.25) is 0 Å². The molecule has 0 atom stereocenters. The summed E-state index contributed by atoms with van der Waals surface area (Å²) in [5.41, 5.74) is 11.7. The highest BCUT2D eigenvalue weighted by Gasteiger charge is 2.36. The molecule has 246 valence electrons. The Balaban J connectivity index is 1.76. The van der Waals surface area contributed by atoms with Crippen LogP contribution in [0.15, 0.2) is 84.9 Å². The Morgan fingerprint density at radius 3 is 1.25 bits per heavy atom. The molecule has 0 saturated heterocycles. The van der Waals surface area contributed by atoms with E-state index in [9.17, 15) is 9.59 Å². The minimum atomic E-state index is -0.540. The highest BCUT2D eigenvalue weighted by Crippen LogP contribution is 2.48. The van der Waals surface area contributed by atoms with Crippen molar-refractivity contribution in [3.63, 3.8) is 0 Å². The standard InChI is InChI=1S/C44H46O4/c1-5-7-11-23-33-31-25-17-18-26-32(31)34(24-12-8-6-2)36-28-38-37(27-35(33)36)39(29-19-13-9-14-20-29)41(43(45)47-3)42(44(46)48-4)40(38)30-21-15-10-16-22-30/h9-10,13-22,25-26H,5-8,11-12,23-24,27-28H2,1-4H3. The Kier molecular flexibility index (Phi) is 10.4. The Hall–Kier alpha value is -4.70. The van der Waals surface area contributed by atoms with Crippen LogP contribution in [0, 0.1) is 0 Å². The number of hydrogen-bond donors (Lipinski definition) is 0. The summed E-state index contributed by atoms with van der Waals surface area (Å²) in [6.45, 7) is 4.51. The molecule has 6 rings (SSSR count). The fourth-order valence-electron chi connectivity index (χ4n) is 7.86. The molecule has 0 N–H and O–H groups in total. The van der Waals surface area contributed by atoms with E-state index in [1.54, 1.807) is 0 Å². The van der Waals surface area contributed by atoms with Gasteiger partial charge in [-0.2, -0.15) is 0 Å². The maximum absolute atomic E-state index is 14.0. The van der Waals surface area contributed by atoms with Gasteiger partial charge in [0.1, 0.15) is 0 Å². The normalized spacial score (nSPS) is 12.0. The molecule has 0 saturated carbocycles. The van der Waals surface area contributed by atoms with Crippen LogP contribution in [-0.2, 0) is 35.2 Å². The lowest BCUT2D eigenvalue weighted by Crippen LogP contribution is -2.22. The number of fused-ring (bicyclic) bond motifs is 3. The van der Waals surface area contributed by atoms with Crippen molar-refractivity contribution in [2.24, 2.45) is 0 Å². The summed E-state index contributed by atoms with van der Waals surface area (Å²) in [5, 5.41) is 2.71. The number of methoxy groups -OCH3 is 2. The van der Waals surface area contributed by atoms with Crippen molar-refractivity contribution < 1.29 is 19.1 Å². The van der Waals surface area contributed by atoms with Gasteiger partial charge in [0.05, 0.1) is 25.3 Å². The van der Waals surface area contributed by atoms with Crippen LogP contribution in [0.4, 0.5) is 0 Å². The third kappa shape index (κ3) is 6.17. The number of carbonyl (C=O) groups excluding carboxylic acids is 2. The van der Waals surface area contributed by atoms with Crippen molar-refractivity contribution in [2.75, 3.05) is 14.2 Å². The molecular weight excluding hydrogens is 592 g/mol. The zero-order valence-electron chi connectivity index (χ0n) is 28.8. The summed E-state index contributed by atoms with van der Waals surface area (Å²) in [4.78, 5) is 27.9. The number of carbonyl (C=O) groups is 2. The first-order valence-electron chi connectivity index (χ1n) is 17.6. The molecule has 0 spiro atoms. The van der Waals surface area contributed by atoms with Gasteiger partial charge < -0.3 is 9.47 Å². The number of hydrogen-bond acceptors (Lipinski definition) is 4. The van der Waals surface area contributed by atoms with Gasteiger partial charge in [-0.25, -0.2) is 9.59 Å². The monoisotopic (exact) mass is 638 g/mol. The molecule has 0 heterocycles. The van der Waals surface area contributed by atoms with Crippen LogP contribution in [0.2, 0.25) is 0 Å². The quantitative estimate of drug-likeness (QED) is 0.0989. The van der Waals surface area contributed by atoms with E-state index in [2.05, 4.69) is 38.1 Å². The molecule has 48 heavy (non-hydrogen) atoms. The van der Waals surface area contributed by atoms with Gasteiger partial charge in [-0.1, -0.05) is 124 Å². The first-order chi connectivity index (χ1) is 23.5. The zero-order valence-corrected chi connectivity index (χ0v) is 28.8. The number of ether oxygens (including phenoxy) is 2. The molecule has 4 nitrogen and oxygen atoms in total. The Morgan fingerprint density at radius 2 is 0.896 bits per heavy atom. The van der Waals surface area contributed by atoms with Crippen LogP contribution in [0.3, 0.4) is 0 Å². The third-order valence-electron chi connectivity index (χ3n) is 10.1. The van der Waals surface area contributed by atoms with Crippen LogP contribution < -0.4 is 0 Å². The van der Waals surface area contributed by atoms with Gasteiger partial charge in [0.25, 0.3) is 0 Å². The molecule has 0 radical (unpaired) electrons. The van der Waals surface area contributed by atoms with Gasteiger partial charge in [0, 0.05) is 11.1 Å². The summed E-state index contributed by atoms with van der Waals surface area (Å²) in [6, 6.07) is 29.0. The van der Waals surface area contributed by atoms with Crippen molar-refractivity contribution in [1.82, 2.24) is 0 Å². The van der Waals surface area contributed by atoms with Crippen LogP contribution in [0.1, 0.15) is 106 Å². The number of rotatable bonds is 12. The zero-order chi connectivity index (χ0) is 33.6. The van der Waals surface area contributed by atoms with E-state index in [4.69, 9.17) is 9.47 Å². The number of unbranched alkanes of at least 4 members (excludes halogenated alkanes) is 4. The van der Waals surface area contributed by atoms with Gasteiger partial charge in [-0.05, 0) is 93.8 Å². The molecule has 4 heteroatoms. The van der Waals surface area contributed by atoms with Crippen LogP contribution in [0.5, 0.6) is 0 Å². The Morgan fingerprint density at radius 1 is 0.521 bits per heavy atom. The lowest BCUT2D eigenvalue weighted by atomic mass is 9.71. The SMILES string of the molecule is CCCCCc1c2c(c(CCCCC)c3ccccc13)Cc1c(c(-c3ccccc3)c(C(=O)OC)c(C(=O)OC)c1-c1ccccc1)C2. The van der Waals surface area contributed by atoms with Crippen molar-refractivity contribution in [3.05, 3.63) is 129 Å². The van der Waals surface area contributed by atoms with E-state index < -0.39 is 11.9 Å². The Bertz CT molecular complexity index is 1800. The second-order valence-corrected chi connectivity index (χ2v) is 12.9. The van der Waals surface area contributed by atoms with E-state index in [1.807, 2.05) is 60.7 Å². The summed E-state index contributed by atoms with van der Waals surface area (Å²) in [6.07, 6.45) is 10.3. The Labute approximate surface area is 285 Å². The molecule has 0 fully saturated rings. The van der Waals surface area contributed by atoms with Crippen LogP contribution in [0.25, 0.3) is 33.0 Å². The summed E-state index contributed by atoms with van der Waals surface area (Å²) < 4.78 is 10.9. The highest BCUT2D eigenvalue weighted by molar-refractivity contribution is 6.13. The predicted octanol–water partition coefficient (Wildman–Crippen LogP) is 10.7. The van der Waals surface area contributed by atoms with E-state index in [0.29, 0.717) is 12.8 Å². The fraction of sp³-hybridized carbons (Fsp3) is 0.318. The van der Waals surface area contributed by atoms with Crippen molar-refractivity contribution in [3.8, 4) is 22.3 Å². The molecular formula is C44H46O4. The van der Waals surface area contributed by atoms with Crippen molar-refractivity contribution >= 4 is 22.7 Å². The average molecular weight is 639 g/mol. The summed E-state index contributed by atoms with van der Waals surface area (Å²) in [5.74, 6) is -1.08. The molecule has 5 aromatic rings. The van der Waals surface area contributed by atoms with Gasteiger partial charge >= 0.3 is 11.9 Å². The lowest BCUT2D eigenvalue weighted by molar-refractivity contribution is 0.0556. The molecule has 1 aliphatic carbocycles. The maximum Gasteiger partial charge on any atom is 0.339 e. The topological polar surface area (TPSA) is 52.6 Å². The first-order valence-corrected chi connectivity index (χ1v) is 17.6. The van der Waals surface area contributed by atoms with Crippen LogP contribution in [-0.4, -0.2) is 26.2 Å². The predicted molar refractivity (Wildman–Crippen MR) is 196 cm³/mol. The highest BCUT2D eigenvalue weighted by atomic mass is 16.5. The number of esters is 2. The molecule has 0 bridgehead atoms. The van der Waals surface area contributed by atoms with Gasteiger partial charge in [0.2, 0.25) is 0 Å². The smallest absolute Gasteiger partial charge is 0.339 e.